The van der Waals surface area contributed by atoms with Crippen LogP contribution in [-0.2, 0) is 29.5 Å². The molecule has 0 unspecified atom stereocenters. The lowest BCUT2D eigenvalue weighted by atomic mass is 10.1. The third-order valence-electron chi connectivity index (χ3n) is 3.90. The zero-order valence-electron chi connectivity index (χ0n) is 13.1. The Morgan fingerprint density at radius 1 is 1.16 bits per heavy atom. The Hall–Kier alpha value is -1.98. The Kier molecular flexibility index (Phi) is 4.56. The fourth-order valence-corrected chi connectivity index (χ4v) is 3.47. The Morgan fingerprint density at radius 3 is 2.44 bits per heavy atom. The summed E-state index contributed by atoms with van der Waals surface area (Å²) in [5, 5.41) is 4.25. The molecule has 0 saturated heterocycles. The molecule has 2 aromatic rings. The van der Waals surface area contributed by atoms with Crippen molar-refractivity contribution in [2.45, 2.75) is 25.0 Å². The number of fused-ring (bicyclic) bond motifs is 1. The molecule has 2 heterocycles. The van der Waals surface area contributed by atoms with Crippen LogP contribution in [0.2, 0.25) is 0 Å². The average molecular weight is 375 g/mol. The van der Waals surface area contributed by atoms with Crippen molar-refractivity contribution in [3.63, 3.8) is 0 Å². The minimum Gasteiger partial charge on any atom is -0.330 e. The Bertz CT molecular complexity index is 862. The molecule has 2 N–H and O–H groups in total. The van der Waals surface area contributed by atoms with Gasteiger partial charge in [0.05, 0.1) is 13.1 Å². The van der Waals surface area contributed by atoms with E-state index in [-0.39, 0.29) is 18.9 Å². The fraction of sp³-hybridized carbons (Fsp3) is 0.429. The molecule has 0 spiro atoms. The van der Waals surface area contributed by atoms with Crippen molar-refractivity contribution in [3.05, 3.63) is 35.7 Å². The van der Waals surface area contributed by atoms with Crippen LogP contribution in [0.4, 0.5) is 13.2 Å². The van der Waals surface area contributed by atoms with Gasteiger partial charge in [-0.05, 0) is 18.5 Å². The molecule has 0 atom stereocenters. The Labute approximate surface area is 142 Å². The normalized spacial score (nSPS) is 16.0. The largest absolute Gasteiger partial charge is 0.511 e. The molecule has 0 radical (unpaired) electrons. The van der Waals surface area contributed by atoms with E-state index in [4.69, 9.17) is 5.73 Å². The molecule has 1 aromatic heterocycles. The number of rotatable bonds is 4. The second kappa shape index (κ2) is 6.39. The van der Waals surface area contributed by atoms with E-state index in [1.165, 1.54) is 4.68 Å². The highest BCUT2D eigenvalue weighted by Gasteiger charge is 2.50. The van der Waals surface area contributed by atoms with Crippen LogP contribution in [0, 0.1) is 0 Å². The third kappa shape index (κ3) is 3.39. The summed E-state index contributed by atoms with van der Waals surface area (Å²) < 4.78 is 62.9. The molecule has 1 aromatic carbocycles. The summed E-state index contributed by atoms with van der Waals surface area (Å²) in [5.74, 6) is 0.528. The van der Waals surface area contributed by atoms with Gasteiger partial charge in [-0.1, -0.05) is 24.3 Å². The van der Waals surface area contributed by atoms with Crippen molar-refractivity contribution in [2.75, 3.05) is 13.1 Å². The Balaban J connectivity index is 1.84. The Morgan fingerprint density at radius 2 is 1.84 bits per heavy atom. The van der Waals surface area contributed by atoms with Crippen molar-refractivity contribution in [1.82, 2.24) is 19.1 Å². The third-order valence-corrected chi connectivity index (χ3v) is 5.48. The summed E-state index contributed by atoms with van der Waals surface area (Å²) in [6.45, 7) is -0.212. The van der Waals surface area contributed by atoms with E-state index < -0.39 is 22.1 Å². The summed E-state index contributed by atoms with van der Waals surface area (Å²) in [6, 6.07) is 7.36. The molecule has 3 rings (SSSR count). The van der Waals surface area contributed by atoms with Gasteiger partial charge in [-0.2, -0.15) is 22.6 Å². The highest BCUT2D eigenvalue weighted by atomic mass is 32.2. The first-order valence-electron chi connectivity index (χ1n) is 7.52. The molecule has 0 saturated carbocycles. The number of aromatic nitrogens is 3. The molecule has 0 aliphatic carbocycles. The van der Waals surface area contributed by atoms with E-state index in [1.54, 1.807) is 12.1 Å². The smallest absolute Gasteiger partial charge is 0.330 e. The molecular weight excluding hydrogens is 359 g/mol. The van der Waals surface area contributed by atoms with Crippen LogP contribution in [0.5, 0.6) is 0 Å². The predicted octanol–water partition coefficient (Wildman–Crippen LogP) is 1.11. The van der Waals surface area contributed by atoms with Crippen molar-refractivity contribution < 1.29 is 21.6 Å². The van der Waals surface area contributed by atoms with Gasteiger partial charge < -0.3 is 5.73 Å². The van der Waals surface area contributed by atoms with E-state index in [9.17, 15) is 21.6 Å². The molecule has 7 nitrogen and oxygen atoms in total. The van der Waals surface area contributed by atoms with Gasteiger partial charge in [0, 0.05) is 12.1 Å². The molecule has 11 heteroatoms. The van der Waals surface area contributed by atoms with Crippen LogP contribution in [0.25, 0.3) is 11.4 Å². The van der Waals surface area contributed by atoms with Crippen molar-refractivity contribution >= 4 is 10.0 Å². The van der Waals surface area contributed by atoms with Gasteiger partial charge in [0.25, 0.3) is 0 Å². The maximum Gasteiger partial charge on any atom is 0.511 e. The van der Waals surface area contributed by atoms with Gasteiger partial charge in [0.1, 0.15) is 5.82 Å². The zero-order valence-corrected chi connectivity index (χ0v) is 13.9. The number of sulfonamides is 1. The molecule has 136 valence electrons. The number of alkyl halides is 3. The maximum atomic E-state index is 12.7. The van der Waals surface area contributed by atoms with Crippen LogP contribution in [-0.4, -0.2) is 46.1 Å². The molecule has 1 aliphatic heterocycles. The van der Waals surface area contributed by atoms with Crippen molar-refractivity contribution in [2.24, 2.45) is 5.73 Å². The lowest BCUT2D eigenvalue weighted by molar-refractivity contribution is -0.0496. The van der Waals surface area contributed by atoms with E-state index >= 15 is 0 Å². The van der Waals surface area contributed by atoms with Crippen LogP contribution in [0.1, 0.15) is 11.4 Å². The first kappa shape index (κ1) is 17.8. The maximum absolute atomic E-state index is 12.7. The van der Waals surface area contributed by atoms with E-state index in [2.05, 4.69) is 10.1 Å². The predicted molar refractivity (Wildman–Crippen MR) is 83.6 cm³/mol. The van der Waals surface area contributed by atoms with Crippen molar-refractivity contribution in [1.29, 1.82) is 0 Å². The van der Waals surface area contributed by atoms with Gasteiger partial charge in [0.15, 0.2) is 5.82 Å². The lowest BCUT2D eigenvalue weighted by Gasteiger charge is -2.26. The lowest BCUT2D eigenvalue weighted by Crippen LogP contribution is -2.44. The number of halogens is 3. The van der Waals surface area contributed by atoms with Gasteiger partial charge in [-0.25, -0.2) is 18.1 Å². The van der Waals surface area contributed by atoms with Crippen molar-refractivity contribution in [3.8, 4) is 11.4 Å². The minimum atomic E-state index is -5.37. The molecule has 0 amide bonds. The highest BCUT2D eigenvalue weighted by molar-refractivity contribution is 7.89. The minimum absolute atomic E-state index is 0.0168. The molecule has 0 bridgehead atoms. The van der Waals surface area contributed by atoms with Crippen LogP contribution >= 0.6 is 0 Å². The number of benzene rings is 1. The molecule has 25 heavy (non-hydrogen) atoms. The molecule has 1 aliphatic rings. The number of nitrogens with two attached hydrogens (primary N) is 1. The monoisotopic (exact) mass is 375 g/mol. The van der Waals surface area contributed by atoms with E-state index in [1.807, 2.05) is 12.1 Å². The van der Waals surface area contributed by atoms with E-state index in [0.717, 1.165) is 12.0 Å². The average Bonchev–Trinajstić information content (AvgIpc) is 2.98. The van der Waals surface area contributed by atoms with Crippen LogP contribution < -0.4 is 5.73 Å². The van der Waals surface area contributed by atoms with Gasteiger partial charge in [-0.15, -0.1) is 0 Å². The fourth-order valence-electron chi connectivity index (χ4n) is 2.57. The topological polar surface area (TPSA) is 94.1 Å². The highest BCUT2D eigenvalue weighted by Crippen LogP contribution is 2.29. The summed E-state index contributed by atoms with van der Waals surface area (Å²) in [7, 11) is -5.37. The number of hydrogen-bond donors (Lipinski definition) is 1. The summed E-state index contributed by atoms with van der Waals surface area (Å²) in [4.78, 5) is 4.20. The number of hydrogen-bond acceptors (Lipinski definition) is 5. The SMILES string of the molecule is NCCc1ccc(-c2nc3n(n2)CCN(S(=O)(=O)C(F)(F)F)C3)cc1. The van der Waals surface area contributed by atoms with Gasteiger partial charge in [-0.3, -0.25) is 0 Å². The molecule has 0 fully saturated rings. The number of nitrogens with zero attached hydrogens (tertiary/aromatic N) is 4. The quantitative estimate of drug-likeness (QED) is 0.864. The van der Waals surface area contributed by atoms with Crippen LogP contribution in [0.15, 0.2) is 24.3 Å². The summed E-state index contributed by atoms with van der Waals surface area (Å²) in [5.41, 5.74) is 1.93. The standard InChI is InChI=1S/C14H16F3N5O2S/c15-14(16,17)25(23,24)21-7-8-22-12(9-21)19-13(20-22)11-3-1-10(2-4-11)5-6-18/h1-4H,5-9,18H2. The van der Waals surface area contributed by atoms with Gasteiger partial charge in [0.2, 0.25) is 0 Å². The molecular formula is C14H16F3N5O2S. The second-order valence-corrected chi connectivity index (χ2v) is 7.52. The summed E-state index contributed by atoms with van der Waals surface area (Å²) >= 11 is 0. The first-order chi connectivity index (χ1) is 11.7. The summed E-state index contributed by atoms with van der Waals surface area (Å²) in [6.07, 6.45) is 0.734. The second-order valence-electron chi connectivity index (χ2n) is 5.59. The zero-order chi connectivity index (χ0) is 18.2. The van der Waals surface area contributed by atoms with Gasteiger partial charge >= 0.3 is 15.5 Å². The van der Waals surface area contributed by atoms with Crippen LogP contribution in [0.3, 0.4) is 0 Å². The van der Waals surface area contributed by atoms with E-state index in [0.29, 0.717) is 22.2 Å². The first-order valence-corrected chi connectivity index (χ1v) is 8.96.